The molecular weight excluding hydrogens is 424 g/mol. The number of aryl methyl sites for hydroxylation is 3. The maximum absolute atomic E-state index is 11.3. The minimum atomic E-state index is -0.752. The molecule has 3 aromatic rings. The number of carboxylic acid groups (broad SMARTS) is 1. The number of hydrogen-bond donors (Lipinski definition) is 1. The van der Waals surface area contributed by atoms with Crippen LogP contribution in [0.4, 0.5) is 0 Å². The lowest BCUT2D eigenvalue weighted by Crippen LogP contribution is -2.29. The van der Waals surface area contributed by atoms with E-state index in [1.165, 1.54) is 0 Å². The van der Waals surface area contributed by atoms with Crippen molar-refractivity contribution in [2.45, 2.75) is 58.7 Å². The van der Waals surface area contributed by atoms with E-state index in [9.17, 15) is 9.90 Å². The zero-order chi connectivity index (χ0) is 23.4. The molecule has 0 radical (unpaired) electrons. The Balaban J connectivity index is 1.48. The molecule has 33 heavy (non-hydrogen) atoms. The van der Waals surface area contributed by atoms with Crippen LogP contribution < -0.4 is 9.47 Å². The highest BCUT2D eigenvalue weighted by Gasteiger charge is 2.28. The number of aliphatic carboxylic acids is 1. The minimum absolute atomic E-state index is 0.119. The van der Waals surface area contributed by atoms with Gasteiger partial charge in [-0.3, -0.25) is 9.78 Å². The highest BCUT2D eigenvalue weighted by molar-refractivity contribution is 5.70. The molecule has 1 N–H and O–H groups in total. The maximum Gasteiger partial charge on any atom is 0.306 e. The second-order valence-corrected chi connectivity index (χ2v) is 8.22. The van der Waals surface area contributed by atoms with E-state index in [0.717, 1.165) is 30.7 Å². The predicted molar refractivity (Wildman–Crippen MR) is 119 cm³/mol. The van der Waals surface area contributed by atoms with Crippen molar-refractivity contribution in [1.29, 1.82) is 0 Å². The average molecular weight is 453 g/mol. The summed E-state index contributed by atoms with van der Waals surface area (Å²) in [5, 5.41) is 17.7. The van der Waals surface area contributed by atoms with Crippen LogP contribution in [0.1, 0.15) is 49.7 Å². The van der Waals surface area contributed by atoms with Crippen LogP contribution in [-0.2, 0) is 24.9 Å². The third kappa shape index (κ3) is 5.27. The molecule has 2 atom stereocenters. The van der Waals surface area contributed by atoms with Crippen molar-refractivity contribution in [2.75, 3.05) is 0 Å². The Bertz CT molecular complexity index is 1130. The van der Waals surface area contributed by atoms with Gasteiger partial charge in [-0.25, -0.2) is 14.6 Å². The van der Waals surface area contributed by atoms with E-state index >= 15 is 0 Å². The summed E-state index contributed by atoms with van der Waals surface area (Å²) in [4.78, 5) is 24.6. The Morgan fingerprint density at radius 1 is 1.24 bits per heavy atom. The summed E-state index contributed by atoms with van der Waals surface area (Å²) in [5.74, 6) is 0.00381. The van der Waals surface area contributed by atoms with Crippen LogP contribution in [0.3, 0.4) is 0 Å². The summed E-state index contributed by atoms with van der Waals surface area (Å²) in [6.07, 6.45) is 6.87. The molecule has 1 saturated carbocycles. The van der Waals surface area contributed by atoms with Gasteiger partial charge in [0.1, 0.15) is 23.7 Å². The van der Waals surface area contributed by atoms with Gasteiger partial charge in [-0.2, -0.15) is 0 Å². The van der Waals surface area contributed by atoms with E-state index < -0.39 is 5.97 Å². The van der Waals surface area contributed by atoms with Gasteiger partial charge in [0.2, 0.25) is 5.88 Å². The summed E-state index contributed by atoms with van der Waals surface area (Å²) in [6, 6.07) is 3.70. The number of aromatic nitrogens is 6. The Kier molecular flexibility index (Phi) is 6.81. The van der Waals surface area contributed by atoms with Crippen molar-refractivity contribution in [3.05, 3.63) is 41.6 Å². The fraction of sp³-hybridized carbons (Fsp3) is 0.478. The minimum Gasteiger partial charge on any atom is -0.489 e. The number of hydrogen-bond acceptors (Lipinski definition) is 8. The Morgan fingerprint density at radius 2 is 2.09 bits per heavy atom. The molecule has 3 heterocycles. The van der Waals surface area contributed by atoms with E-state index in [0.29, 0.717) is 41.6 Å². The topological polar surface area (TPSA) is 125 Å². The molecule has 0 aliphatic heterocycles. The van der Waals surface area contributed by atoms with E-state index in [1.807, 2.05) is 26.0 Å². The molecule has 0 aromatic carbocycles. The monoisotopic (exact) mass is 452 g/mol. The quantitative estimate of drug-likeness (QED) is 0.548. The highest BCUT2D eigenvalue weighted by Crippen LogP contribution is 2.30. The average Bonchev–Trinajstić information content (AvgIpc) is 3.19. The Hall–Kier alpha value is -3.56. The smallest absolute Gasteiger partial charge is 0.306 e. The first kappa shape index (κ1) is 22.6. The van der Waals surface area contributed by atoms with Crippen molar-refractivity contribution >= 4 is 5.97 Å². The summed E-state index contributed by atoms with van der Waals surface area (Å²) >= 11 is 0. The largest absolute Gasteiger partial charge is 0.489 e. The van der Waals surface area contributed by atoms with Crippen LogP contribution >= 0.6 is 0 Å². The van der Waals surface area contributed by atoms with E-state index in [1.54, 1.807) is 24.1 Å². The molecule has 1 aliphatic carbocycles. The first-order valence-corrected chi connectivity index (χ1v) is 11.1. The molecule has 0 saturated heterocycles. The van der Waals surface area contributed by atoms with Crippen molar-refractivity contribution in [3.63, 3.8) is 0 Å². The fourth-order valence-electron chi connectivity index (χ4n) is 3.97. The van der Waals surface area contributed by atoms with Crippen molar-refractivity contribution in [2.24, 2.45) is 13.0 Å². The molecule has 10 heteroatoms. The molecule has 4 rings (SSSR count). The third-order valence-corrected chi connectivity index (χ3v) is 5.87. The number of pyridine rings is 1. The van der Waals surface area contributed by atoms with Gasteiger partial charge in [-0.05, 0) is 51.2 Å². The van der Waals surface area contributed by atoms with Gasteiger partial charge < -0.3 is 14.6 Å². The summed E-state index contributed by atoms with van der Waals surface area (Å²) in [7, 11) is 1.80. The molecule has 3 aromatic heterocycles. The van der Waals surface area contributed by atoms with E-state index in [-0.39, 0.29) is 18.6 Å². The number of carbonyl (C=O) groups is 1. The van der Waals surface area contributed by atoms with Gasteiger partial charge in [-0.1, -0.05) is 12.1 Å². The molecule has 1 fully saturated rings. The van der Waals surface area contributed by atoms with Gasteiger partial charge in [0, 0.05) is 13.2 Å². The molecule has 0 spiro atoms. The summed E-state index contributed by atoms with van der Waals surface area (Å²) in [5.41, 5.74) is 3.61. The van der Waals surface area contributed by atoms with Crippen molar-refractivity contribution in [1.82, 2.24) is 29.9 Å². The molecule has 0 unspecified atom stereocenters. The zero-order valence-corrected chi connectivity index (χ0v) is 19.1. The number of carboxylic acids is 1. The second-order valence-electron chi connectivity index (χ2n) is 8.22. The van der Waals surface area contributed by atoms with Crippen molar-refractivity contribution < 1.29 is 19.4 Å². The van der Waals surface area contributed by atoms with Gasteiger partial charge in [0.25, 0.3) is 0 Å². The van der Waals surface area contributed by atoms with Gasteiger partial charge in [0.05, 0.1) is 35.3 Å². The lowest BCUT2D eigenvalue weighted by Gasteiger charge is -2.27. The Morgan fingerprint density at radius 3 is 2.85 bits per heavy atom. The molecule has 0 bridgehead atoms. The number of ether oxygens (including phenoxy) is 2. The van der Waals surface area contributed by atoms with Crippen LogP contribution in [-0.4, -0.2) is 47.1 Å². The highest BCUT2D eigenvalue weighted by atomic mass is 16.5. The molecular formula is C23H28N6O4. The lowest BCUT2D eigenvalue weighted by atomic mass is 9.87. The summed E-state index contributed by atoms with van der Waals surface area (Å²) < 4.78 is 13.6. The first-order chi connectivity index (χ1) is 15.9. The predicted octanol–water partition coefficient (Wildman–Crippen LogP) is 3.14. The van der Waals surface area contributed by atoms with Gasteiger partial charge in [-0.15, -0.1) is 5.10 Å². The summed E-state index contributed by atoms with van der Waals surface area (Å²) in [6.45, 7) is 4.10. The van der Waals surface area contributed by atoms with Gasteiger partial charge in [0.15, 0.2) is 0 Å². The molecule has 10 nitrogen and oxygen atoms in total. The van der Waals surface area contributed by atoms with Crippen LogP contribution in [0.15, 0.2) is 24.5 Å². The molecule has 174 valence electrons. The zero-order valence-electron chi connectivity index (χ0n) is 19.1. The third-order valence-electron chi connectivity index (χ3n) is 5.87. The number of rotatable bonds is 8. The maximum atomic E-state index is 11.3. The fourth-order valence-corrected chi connectivity index (χ4v) is 3.97. The van der Waals surface area contributed by atoms with Crippen LogP contribution in [0.5, 0.6) is 11.6 Å². The number of nitrogens with zero attached hydrogens (tertiary/aromatic N) is 6. The van der Waals surface area contributed by atoms with Crippen LogP contribution in [0, 0.1) is 12.8 Å². The standard InChI is InChI=1S/C23H28N6O4/c1-4-16-11-24-12-21(26-16)32-13-19-22(27-28-29(19)3)18-8-9-20(14(2)25-18)33-17-7-5-6-15(10-17)23(30)31/h8-9,11-12,15,17H,4-7,10,13H2,1-3H3,(H,30,31)/t15-,17-/m0/s1. The SMILES string of the molecule is CCc1cncc(OCc2c(-c3ccc(O[C@H]4CCC[C@H](C(=O)O)C4)c(C)n3)nnn2C)n1. The molecule has 0 amide bonds. The van der Waals surface area contributed by atoms with E-state index in [2.05, 4.69) is 25.3 Å². The Labute approximate surface area is 192 Å². The first-order valence-electron chi connectivity index (χ1n) is 11.1. The normalized spacial score (nSPS) is 18.2. The lowest BCUT2D eigenvalue weighted by molar-refractivity contribution is -0.143. The van der Waals surface area contributed by atoms with Crippen LogP contribution in [0.25, 0.3) is 11.4 Å². The van der Waals surface area contributed by atoms with Crippen molar-refractivity contribution in [3.8, 4) is 23.0 Å². The van der Waals surface area contributed by atoms with Crippen LogP contribution in [0.2, 0.25) is 0 Å². The second kappa shape index (κ2) is 9.93. The molecule has 1 aliphatic rings. The van der Waals surface area contributed by atoms with Gasteiger partial charge >= 0.3 is 5.97 Å². The van der Waals surface area contributed by atoms with E-state index in [4.69, 9.17) is 9.47 Å².